The van der Waals surface area contributed by atoms with E-state index in [1.54, 1.807) is 18.5 Å². The maximum absolute atomic E-state index is 5.99. The number of nitrogens with two attached hydrogens (primary N) is 2. The lowest BCUT2D eigenvalue weighted by molar-refractivity contribution is -0.0560. The quantitative estimate of drug-likeness (QED) is 0.535. The first-order valence-corrected chi connectivity index (χ1v) is 6.64. The average Bonchev–Trinajstić information content (AvgIpc) is 2.42. The third kappa shape index (κ3) is 3.22. The van der Waals surface area contributed by atoms with Crippen molar-refractivity contribution >= 4 is 5.69 Å². The topological polar surface area (TPSA) is 89.4 Å². The summed E-state index contributed by atoms with van der Waals surface area (Å²) in [5.41, 5.74) is 10.4. The van der Waals surface area contributed by atoms with E-state index in [9.17, 15) is 0 Å². The van der Waals surface area contributed by atoms with Gasteiger partial charge in [0.05, 0.1) is 18.8 Å². The van der Waals surface area contributed by atoms with E-state index in [2.05, 4.69) is 29.2 Å². The average molecular weight is 265 g/mol. The largest absolute Gasteiger partial charge is 0.398 e. The Morgan fingerprint density at radius 2 is 2.32 bits per heavy atom. The minimum atomic E-state index is -0.143. The van der Waals surface area contributed by atoms with Crippen molar-refractivity contribution in [2.45, 2.75) is 32.0 Å². The Morgan fingerprint density at radius 1 is 1.53 bits per heavy atom. The molecule has 0 radical (unpaired) electrons. The van der Waals surface area contributed by atoms with Crippen LogP contribution in [0.5, 0.6) is 0 Å². The Labute approximate surface area is 114 Å². The van der Waals surface area contributed by atoms with Crippen LogP contribution >= 0.6 is 0 Å². The van der Waals surface area contributed by atoms with Crippen LogP contribution in [0.1, 0.15) is 25.5 Å². The zero-order chi connectivity index (χ0) is 13.8. The van der Waals surface area contributed by atoms with Crippen LogP contribution in [0.2, 0.25) is 0 Å². The maximum Gasteiger partial charge on any atom is 0.0911 e. The van der Waals surface area contributed by atoms with Gasteiger partial charge in [-0.15, -0.1) is 0 Å². The van der Waals surface area contributed by atoms with Crippen molar-refractivity contribution < 1.29 is 4.74 Å². The lowest BCUT2D eigenvalue weighted by Crippen LogP contribution is -2.51. The summed E-state index contributed by atoms with van der Waals surface area (Å²) in [5.74, 6) is 5.69. The zero-order valence-corrected chi connectivity index (χ0v) is 11.5. The van der Waals surface area contributed by atoms with Crippen molar-refractivity contribution in [3.63, 3.8) is 0 Å². The number of ether oxygens (including phenoxy) is 1. The lowest BCUT2D eigenvalue weighted by atomic mass is 10.0. The monoisotopic (exact) mass is 265 g/mol. The Kier molecular flexibility index (Phi) is 4.71. The molecule has 19 heavy (non-hydrogen) atoms. The van der Waals surface area contributed by atoms with Crippen molar-refractivity contribution in [2.24, 2.45) is 5.84 Å². The molecule has 1 aromatic rings. The molecule has 1 aromatic heterocycles. The van der Waals surface area contributed by atoms with E-state index in [1.807, 2.05) is 0 Å². The van der Waals surface area contributed by atoms with Gasteiger partial charge in [-0.25, -0.2) is 0 Å². The molecule has 5 N–H and O–H groups in total. The number of pyridine rings is 1. The predicted molar refractivity (Wildman–Crippen MR) is 75.2 cm³/mol. The summed E-state index contributed by atoms with van der Waals surface area (Å²) < 4.78 is 5.85. The Balaban J connectivity index is 2.16. The van der Waals surface area contributed by atoms with Gasteiger partial charge in [-0.1, -0.05) is 0 Å². The van der Waals surface area contributed by atoms with Crippen molar-refractivity contribution in [3.8, 4) is 0 Å². The van der Waals surface area contributed by atoms with Gasteiger partial charge in [0.15, 0.2) is 0 Å². The number of morpholine rings is 1. The number of nitrogen functional groups attached to an aromatic ring is 1. The molecule has 1 fully saturated rings. The number of hydrogen-bond donors (Lipinski definition) is 3. The Bertz CT molecular complexity index is 412. The van der Waals surface area contributed by atoms with Gasteiger partial charge in [-0.05, 0) is 19.9 Å². The van der Waals surface area contributed by atoms with Crippen LogP contribution in [0, 0.1) is 0 Å². The van der Waals surface area contributed by atoms with Crippen molar-refractivity contribution in [3.05, 3.63) is 24.0 Å². The molecule has 1 saturated heterocycles. The summed E-state index contributed by atoms with van der Waals surface area (Å²) in [6, 6.07) is 2.13. The van der Waals surface area contributed by atoms with E-state index in [1.165, 1.54) is 0 Å². The molecule has 0 bridgehead atoms. The number of rotatable bonds is 4. The Morgan fingerprint density at radius 3 is 2.95 bits per heavy atom. The second-order valence-corrected chi connectivity index (χ2v) is 5.15. The molecule has 106 valence electrons. The van der Waals surface area contributed by atoms with Gasteiger partial charge in [0, 0.05) is 42.8 Å². The van der Waals surface area contributed by atoms with E-state index in [0.29, 0.717) is 18.3 Å². The summed E-state index contributed by atoms with van der Waals surface area (Å²) in [6.07, 6.45) is 3.40. The first-order valence-electron chi connectivity index (χ1n) is 6.64. The summed E-state index contributed by atoms with van der Waals surface area (Å²) in [5, 5.41) is 0. The lowest BCUT2D eigenvalue weighted by Gasteiger charge is -2.39. The second-order valence-electron chi connectivity index (χ2n) is 5.15. The van der Waals surface area contributed by atoms with Crippen LogP contribution in [0.15, 0.2) is 18.5 Å². The molecule has 0 amide bonds. The van der Waals surface area contributed by atoms with Crippen molar-refractivity contribution in [1.82, 2.24) is 15.3 Å². The third-order valence-corrected chi connectivity index (χ3v) is 3.63. The molecule has 2 rings (SSSR count). The number of hydrogen-bond acceptors (Lipinski definition) is 6. The van der Waals surface area contributed by atoms with Crippen LogP contribution in [-0.4, -0.2) is 41.7 Å². The van der Waals surface area contributed by atoms with Gasteiger partial charge >= 0.3 is 0 Å². The van der Waals surface area contributed by atoms with Gasteiger partial charge in [-0.3, -0.25) is 21.2 Å². The highest BCUT2D eigenvalue weighted by Crippen LogP contribution is 2.25. The molecule has 0 aromatic carbocycles. The second kappa shape index (κ2) is 6.29. The predicted octanol–water partition coefficient (Wildman–Crippen LogP) is 0.277. The highest BCUT2D eigenvalue weighted by Gasteiger charge is 2.30. The summed E-state index contributed by atoms with van der Waals surface area (Å²) in [6.45, 7) is 6.87. The molecule has 0 spiro atoms. The smallest absolute Gasteiger partial charge is 0.0911 e. The summed E-state index contributed by atoms with van der Waals surface area (Å²) in [4.78, 5) is 6.50. The van der Waals surface area contributed by atoms with Crippen molar-refractivity contribution in [1.29, 1.82) is 0 Å². The Hall–Kier alpha value is -1.21. The first kappa shape index (κ1) is 14.2. The van der Waals surface area contributed by atoms with Crippen LogP contribution in [0.4, 0.5) is 5.69 Å². The standard InChI is InChI=1S/C13H23N5O/c1-9(2)18-5-6-19-12(8-18)13(17-15)10-7-16-4-3-11(10)14/h3-4,7,9,12-13,17H,5-6,8,15H2,1-2H3,(H2,14,16). The van der Waals surface area contributed by atoms with E-state index < -0.39 is 0 Å². The SMILES string of the molecule is CC(C)N1CCOC(C(NN)c2cnccc2N)C1. The molecule has 1 aliphatic heterocycles. The minimum absolute atomic E-state index is 0.0207. The zero-order valence-electron chi connectivity index (χ0n) is 11.5. The van der Waals surface area contributed by atoms with Crippen LogP contribution < -0.4 is 17.0 Å². The van der Waals surface area contributed by atoms with Gasteiger partial charge in [0.1, 0.15) is 0 Å². The summed E-state index contributed by atoms with van der Waals surface area (Å²) >= 11 is 0. The number of aromatic nitrogens is 1. The van der Waals surface area contributed by atoms with Gasteiger partial charge in [0.2, 0.25) is 0 Å². The highest BCUT2D eigenvalue weighted by atomic mass is 16.5. The number of nitrogens with one attached hydrogen (secondary N) is 1. The van der Waals surface area contributed by atoms with E-state index >= 15 is 0 Å². The van der Waals surface area contributed by atoms with Crippen LogP contribution in [0.25, 0.3) is 0 Å². The molecule has 6 heteroatoms. The fourth-order valence-corrected chi connectivity index (χ4v) is 2.44. The minimum Gasteiger partial charge on any atom is -0.398 e. The molecule has 0 aliphatic carbocycles. The normalized spacial score (nSPS) is 22.6. The highest BCUT2D eigenvalue weighted by molar-refractivity contribution is 5.46. The molecule has 2 atom stereocenters. The number of nitrogens with zero attached hydrogens (tertiary/aromatic N) is 2. The fraction of sp³-hybridized carbons (Fsp3) is 0.615. The van der Waals surface area contributed by atoms with Gasteiger partial charge < -0.3 is 10.5 Å². The van der Waals surface area contributed by atoms with Gasteiger partial charge in [-0.2, -0.15) is 0 Å². The number of hydrazine groups is 1. The molecular weight excluding hydrogens is 242 g/mol. The maximum atomic E-state index is 5.99. The molecule has 2 unspecified atom stereocenters. The van der Waals surface area contributed by atoms with E-state index in [-0.39, 0.29) is 12.1 Å². The fourth-order valence-electron chi connectivity index (χ4n) is 2.44. The molecule has 1 aliphatic rings. The number of anilines is 1. The van der Waals surface area contributed by atoms with Gasteiger partial charge in [0.25, 0.3) is 0 Å². The first-order chi connectivity index (χ1) is 9.13. The molecule has 0 saturated carbocycles. The van der Waals surface area contributed by atoms with Crippen LogP contribution in [-0.2, 0) is 4.74 Å². The summed E-state index contributed by atoms with van der Waals surface area (Å²) in [7, 11) is 0. The van der Waals surface area contributed by atoms with E-state index in [0.717, 1.165) is 18.7 Å². The third-order valence-electron chi connectivity index (χ3n) is 3.63. The van der Waals surface area contributed by atoms with E-state index in [4.69, 9.17) is 16.3 Å². The molecule has 2 heterocycles. The molecular formula is C13H23N5O. The molecule has 6 nitrogen and oxygen atoms in total. The van der Waals surface area contributed by atoms with Crippen LogP contribution in [0.3, 0.4) is 0 Å². The van der Waals surface area contributed by atoms with Crippen molar-refractivity contribution in [2.75, 3.05) is 25.4 Å².